The molecule has 0 spiro atoms. The molecule has 0 atom stereocenters. The lowest BCUT2D eigenvalue weighted by molar-refractivity contribution is 0.587. The predicted molar refractivity (Wildman–Crippen MR) is 79.8 cm³/mol. The SMILES string of the molecule is CC(C)(C)c1ccc(-n2ccc3ccccc32)nc1. The molecule has 2 heterocycles. The topological polar surface area (TPSA) is 17.8 Å². The fourth-order valence-corrected chi connectivity index (χ4v) is 2.25. The summed E-state index contributed by atoms with van der Waals surface area (Å²) in [6.45, 7) is 6.61. The van der Waals surface area contributed by atoms with Gasteiger partial charge in [-0.3, -0.25) is 0 Å². The van der Waals surface area contributed by atoms with E-state index in [-0.39, 0.29) is 5.41 Å². The molecule has 0 aliphatic rings. The van der Waals surface area contributed by atoms with E-state index >= 15 is 0 Å². The zero-order valence-corrected chi connectivity index (χ0v) is 11.6. The number of para-hydroxylation sites is 1. The second kappa shape index (κ2) is 4.23. The molecule has 2 nitrogen and oxygen atoms in total. The maximum atomic E-state index is 4.60. The molecule has 2 heteroatoms. The van der Waals surface area contributed by atoms with E-state index in [0.717, 1.165) is 5.82 Å². The van der Waals surface area contributed by atoms with Crippen LogP contribution in [0.25, 0.3) is 16.7 Å². The largest absolute Gasteiger partial charge is 0.301 e. The van der Waals surface area contributed by atoms with Gasteiger partial charge in [0.25, 0.3) is 0 Å². The van der Waals surface area contributed by atoms with Crippen LogP contribution in [0.15, 0.2) is 54.9 Å². The van der Waals surface area contributed by atoms with E-state index in [0.29, 0.717) is 0 Å². The van der Waals surface area contributed by atoms with Crippen molar-refractivity contribution in [1.82, 2.24) is 9.55 Å². The van der Waals surface area contributed by atoms with Crippen LogP contribution in [-0.2, 0) is 5.41 Å². The molecule has 0 fully saturated rings. The van der Waals surface area contributed by atoms with Gasteiger partial charge in [-0.05, 0) is 34.6 Å². The van der Waals surface area contributed by atoms with Crippen molar-refractivity contribution in [2.24, 2.45) is 0 Å². The van der Waals surface area contributed by atoms with E-state index in [4.69, 9.17) is 0 Å². The molecule has 0 N–H and O–H groups in total. The summed E-state index contributed by atoms with van der Waals surface area (Å²) in [5.74, 6) is 0.967. The number of benzene rings is 1. The van der Waals surface area contributed by atoms with Crippen LogP contribution in [0.1, 0.15) is 26.3 Å². The zero-order valence-electron chi connectivity index (χ0n) is 11.6. The first kappa shape index (κ1) is 12.0. The van der Waals surface area contributed by atoms with Crippen LogP contribution >= 0.6 is 0 Å². The van der Waals surface area contributed by atoms with Crippen molar-refractivity contribution in [3.05, 3.63) is 60.4 Å². The van der Waals surface area contributed by atoms with E-state index in [1.54, 1.807) is 0 Å². The maximum Gasteiger partial charge on any atom is 0.137 e. The molecule has 3 aromatic rings. The highest BCUT2D eigenvalue weighted by Crippen LogP contribution is 2.23. The molecule has 0 aliphatic carbocycles. The van der Waals surface area contributed by atoms with Crippen molar-refractivity contribution in [2.45, 2.75) is 26.2 Å². The molecular formula is C17H18N2. The highest BCUT2D eigenvalue weighted by Gasteiger charge is 2.14. The number of nitrogens with zero attached hydrogens (tertiary/aromatic N) is 2. The number of hydrogen-bond donors (Lipinski definition) is 0. The molecule has 2 aromatic heterocycles. The van der Waals surface area contributed by atoms with Crippen LogP contribution < -0.4 is 0 Å². The van der Waals surface area contributed by atoms with Gasteiger partial charge in [-0.25, -0.2) is 4.98 Å². The van der Waals surface area contributed by atoms with Gasteiger partial charge in [0.1, 0.15) is 5.82 Å². The third kappa shape index (κ3) is 2.14. The Hall–Kier alpha value is -2.09. The Morgan fingerprint density at radius 1 is 0.947 bits per heavy atom. The van der Waals surface area contributed by atoms with Crippen molar-refractivity contribution in [3.63, 3.8) is 0 Å². The molecule has 3 rings (SSSR count). The summed E-state index contributed by atoms with van der Waals surface area (Å²) in [7, 11) is 0. The van der Waals surface area contributed by atoms with Crippen LogP contribution in [0.3, 0.4) is 0 Å². The van der Waals surface area contributed by atoms with Gasteiger partial charge in [-0.1, -0.05) is 45.0 Å². The molecule has 0 unspecified atom stereocenters. The Morgan fingerprint density at radius 3 is 2.42 bits per heavy atom. The Balaban J connectivity index is 2.07. The lowest BCUT2D eigenvalue weighted by Crippen LogP contribution is -2.11. The van der Waals surface area contributed by atoms with Gasteiger partial charge in [0.05, 0.1) is 5.52 Å². The summed E-state index contributed by atoms with van der Waals surface area (Å²) in [4.78, 5) is 4.60. The highest BCUT2D eigenvalue weighted by atomic mass is 15.0. The predicted octanol–water partition coefficient (Wildman–Crippen LogP) is 4.32. The molecular weight excluding hydrogens is 232 g/mol. The molecule has 0 aliphatic heterocycles. The number of aromatic nitrogens is 2. The van der Waals surface area contributed by atoms with Crippen LogP contribution in [0.5, 0.6) is 0 Å². The minimum atomic E-state index is 0.143. The fourth-order valence-electron chi connectivity index (χ4n) is 2.25. The van der Waals surface area contributed by atoms with Crippen molar-refractivity contribution in [3.8, 4) is 5.82 Å². The van der Waals surface area contributed by atoms with E-state index in [9.17, 15) is 0 Å². The molecule has 0 radical (unpaired) electrons. The third-order valence-corrected chi connectivity index (χ3v) is 3.46. The van der Waals surface area contributed by atoms with Crippen LogP contribution in [0, 0.1) is 0 Å². The zero-order chi connectivity index (χ0) is 13.5. The fraction of sp³-hybridized carbons (Fsp3) is 0.235. The number of hydrogen-bond acceptors (Lipinski definition) is 1. The number of fused-ring (bicyclic) bond motifs is 1. The highest BCUT2D eigenvalue weighted by molar-refractivity contribution is 5.81. The maximum absolute atomic E-state index is 4.60. The lowest BCUT2D eigenvalue weighted by Gasteiger charge is -2.18. The third-order valence-electron chi connectivity index (χ3n) is 3.46. The van der Waals surface area contributed by atoms with E-state index < -0.39 is 0 Å². The van der Waals surface area contributed by atoms with E-state index in [1.165, 1.54) is 16.5 Å². The van der Waals surface area contributed by atoms with E-state index in [1.807, 2.05) is 6.20 Å². The van der Waals surface area contributed by atoms with Gasteiger partial charge in [-0.15, -0.1) is 0 Å². The Labute approximate surface area is 113 Å². The van der Waals surface area contributed by atoms with Gasteiger partial charge in [0, 0.05) is 12.4 Å². The summed E-state index contributed by atoms with van der Waals surface area (Å²) in [5.41, 5.74) is 2.59. The normalized spacial score (nSPS) is 11.9. The average molecular weight is 250 g/mol. The Morgan fingerprint density at radius 2 is 1.74 bits per heavy atom. The summed E-state index contributed by atoms with van der Waals surface area (Å²) >= 11 is 0. The van der Waals surface area contributed by atoms with Gasteiger partial charge < -0.3 is 4.57 Å². The van der Waals surface area contributed by atoms with Crippen LogP contribution in [0.2, 0.25) is 0 Å². The first-order valence-corrected chi connectivity index (χ1v) is 6.59. The number of pyridine rings is 1. The molecule has 96 valence electrons. The first-order valence-electron chi connectivity index (χ1n) is 6.59. The van der Waals surface area contributed by atoms with Crippen LogP contribution in [0.4, 0.5) is 0 Å². The molecule has 0 saturated heterocycles. The van der Waals surface area contributed by atoms with Crippen molar-refractivity contribution < 1.29 is 0 Å². The second-order valence-corrected chi connectivity index (χ2v) is 5.90. The number of rotatable bonds is 1. The van der Waals surface area contributed by atoms with Crippen molar-refractivity contribution in [1.29, 1.82) is 0 Å². The summed E-state index contributed by atoms with van der Waals surface area (Å²) in [6.07, 6.45) is 4.05. The quantitative estimate of drug-likeness (QED) is 0.629. The monoisotopic (exact) mass is 250 g/mol. The second-order valence-electron chi connectivity index (χ2n) is 5.90. The van der Waals surface area contributed by atoms with Crippen LogP contribution in [-0.4, -0.2) is 9.55 Å². The summed E-state index contributed by atoms with van der Waals surface area (Å²) in [6, 6.07) is 14.7. The molecule has 0 amide bonds. The summed E-state index contributed by atoms with van der Waals surface area (Å²) in [5, 5.41) is 1.24. The smallest absolute Gasteiger partial charge is 0.137 e. The Bertz CT molecular complexity index is 700. The van der Waals surface area contributed by atoms with E-state index in [2.05, 4.69) is 79.0 Å². The van der Waals surface area contributed by atoms with Gasteiger partial charge in [0.2, 0.25) is 0 Å². The van der Waals surface area contributed by atoms with Gasteiger partial charge in [-0.2, -0.15) is 0 Å². The summed E-state index contributed by atoms with van der Waals surface area (Å²) < 4.78 is 2.13. The van der Waals surface area contributed by atoms with Gasteiger partial charge in [0.15, 0.2) is 0 Å². The minimum absolute atomic E-state index is 0.143. The van der Waals surface area contributed by atoms with Gasteiger partial charge >= 0.3 is 0 Å². The standard InChI is InChI=1S/C17H18N2/c1-17(2,3)14-8-9-16(18-12-14)19-11-10-13-6-4-5-7-15(13)19/h4-12H,1-3H3. The minimum Gasteiger partial charge on any atom is -0.301 e. The molecule has 1 aromatic carbocycles. The average Bonchev–Trinajstić information content (AvgIpc) is 2.82. The van der Waals surface area contributed by atoms with Crippen molar-refractivity contribution >= 4 is 10.9 Å². The first-order chi connectivity index (χ1) is 9.05. The molecule has 0 saturated carbocycles. The Kier molecular flexibility index (Phi) is 2.67. The van der Waals surface area contributed by atoms with Crippen molar-refractivity contribution in [2.75, 3.05) is 0 Å². The molecule has 19 heavy (non-hydrogen) atoms. The lowest BCUT2D eigenvalue weighted by atomic mass is 9.88. The molecule has 0 bridgehead atoms.